The molecular formula is C14H17FN2O. The molecule has 0 radical (unpaired) electrons. The van der Waals surface area contributed by atoms with Gasteiger partial charge < -0.3 is 5.11 Å². The van der Waals surface area contributed by atoms with E-state index in [9.17, 15) is 9.50 Å². The van der Waals surface area contributed by atoms with Gasteiger partial charge in [0.05, 0.1) is 6.20 Å². The molecule has 0 aliphatic rings. The normalized spacial score (nSPS) is 10.8. The summed E-state index contributed by atoms with van der Waals surface area (Å²) in [6.45, 7) is 3.00. The lowest BCUT2D eigenvalue weighted by Gasteiger charge is -2.02. The van der Waals surface area contributed by atoms with Crippen LogP contribution in [0.15, 0.2) is 30.6 Å². The zero-order valence-electron chi connectivity index (χ0n) is 10.4. The Morgan fingerprint density at radius 2 is 2.17 bits per heavy atom. The molecule has 0 saturated carbocycles. The first kappa shape index (κ1) is 12.6. The van der Waals surface area contributed by atoms with Crippen molar-refractivity contribution in [1.29, 1.82) is 0 Å². The smallest absolute Gasteiger partial charge is 0.124 e. The third-order valence-corrected chi connectivity index (χ3v) is 2.89. The van der Waals surface area contributed by atoms with E-state index in [-0.39, 0.29) is 11.6 Å². The van der Waals surface area contributed by atoms with Gasteiger partial charge >= 0.3 is 0 Å². The monoisotopic (exact) mass is 248 g/mol. The summed E-state index contributed by atoms with van der Waals surface area (Å²) < 4.78 is 15.0. The topological polar surface area (TPSA) is 38.0 Å². The lowest BCUT2D eigenvalue weighted by Crippen LogP contribution is -1.97. The molecule has 2 rings (SSSR count). The maximum atomic E-state index is 13.1. The molecule has 0 spiro atoms. The minimum atomic E-state index is -0.360. The predicted octanol–water partition coefficient (Wildman–Crippen LogP) is 3.59. The Labute approximate surface area is 106 Å². The van der Waals surface area contributed by atoms with Gasteiger partial charge in [0.1, 0.15) is 11.6 Å². The fraction of sp³-hybridized carbons (Fsp3) is 0.357. The van der Waals surface area contributed by atoms with Crippen LogP contribution in [0.5, 0.6) is 5.75 Å². The van der Waals surface area contributed by atoms with Gasteiger partial charge in [0.15, 0.2) is 0 Å². The van der Waals surface area contributed by atoms with Crippen molar-refractivity contribution in [2.24, 2.45) is 0 Å². The van der Waals surface area contributed by atoms with Crippen molar-refractivity contribution < 1.29 is 9.50 Å². The number of aromatic nitrogens is 2. The second-order valence-electron chi connectivity index (χ2n) is 4.36. The van der Waals surface area contributed by atoms with Crippen LogP contribution in [0.4, 0.5) is 4.39 Å². The van der Waals surface area contributed by atoms with E-state index in [0.717, 1.165) is 18.5 Å². The van der Waals surface area contributed by atoms with Gasteiger partial charge in [-0.05, 0) is 24.6 Å². The standard InChI is InChI=1S/C14H17FN2O/c1-2-3-4-7-17-10-11(9-16-17)13-8-12(15)5-6-14(13)18/h5-6,8-10,18H,2-4,7H2,1H3. The maximum absolute atomic E-state index is 13.1. The summed E-state index contributed by atoms with van der Waals surface area (Å²) in [5, 5.41) is 13.9. The van der Waals surface area contributed by atoms with Gasteiger partial charge in [0.2, 0.25) is 0 Å². The van der Waals surface area contributed by atoms with Gasteiger partial charge in [0, 0.05) is 23.9 Å². The van der Waals surface area contributed by atoms with Gasteiger partial charge in [-0.2, -0.15) is 5.10 Å². The van der Waals surface area contributed by atoms with Crippen molar-refractivity contribution in [3.63, 3.8) is 0 Å². The van der Waals surface area contributed by atoms with Crippen LogP contribution in [0.25, 0.3) is 11.1 Å². The molecule has 3 nitrogen and oxygen atoms in total. The number of rotatable bonds is 5. The number of aromatic hydroxyl groups is 1. The summed E-state index contributed by atoms with van der Waals surface area (Å²) in [6, 6.07) is 3.92. The number of phenols is 1. The Morgan fingerprint density at radius 1 is 1.33 bits per heavy atom. The molecule has 0 aliphatic heterocycles. The molecule has 0 aliphatic carbocycles. The first-order chi connectivity index (χ1) is 8.70. The Balaban J connectivity index is 2.16. The minimum absolute atomic E-state index is 0.0736. The number of unbranched alkanes of at least 4 members (excludes halogenated alkanes) is 2. The average molecular weight is 248 g/mol. The molecular weight excluding hydrogens is 231 g/mol. The van der Waals surface area contributed by atoms with Gasteiger partial charge in [-0.1, -0.05) is 19.8 Å². The second kappa shape index (κ2) is 5.67. The molecule has 1 N–H and O–H groups in total. The molecule has 0 amide bonds. The van der Waals surface area contributed by atoms with Crippen LogP contribution in [0.2, 0.25) is 0 Å². The van der Waals surface area contributed by atoms with E-state index >= 15 is 0 Å². The van der Waals surface area contributed by atoms with E-state index in [2.05, 4.69) is 12.0 Å². The summed E-state index contributed by atoms with van der Waals surface area (Å²) in [7, 11) is 0. The molecule has 1 aromatic heterocycles. The van der Waals surface area contributed by atoms with Crippen LogP contribution in [-0.4, -0.2) is 14.9 Å². The SMILES string of the molecule is CCCCCn1cc(-c2cc(F)ccc2O)cn1. The highest BCUT2D eigenvalue weighted by molar-refractivity contribution is 5.68. The Kier molecular flexibility index (Phi) is 3.97. The number of aryl methyl sites for hydroxylation is 1. The Hall–Kier alpha value is -1.84. The molecule has 0 bridgehead atoms. The number of benzene rings is 1. The van der Waals surface area contributed by atoms with E-state index in [0.29, 0.717) is 5.56 Å². The summed E-state index contributed by atoms with van der Waals surface area (Å²) >= 11 is 0. The quantitative estimate of drug-likeness (QED) is 0.821. The number of hydrogen-bond donors (Lipinski definition) is 1. The molecule has 0 saturated heterocycles. The molecule has 2 aromatic rings. The average Bonchev–Trinajstić information content (AvgIpc) is 2.81. The highest BCUT2D eigenvalue weighted by Crippen LogP contribution is 2.29. The Morgan fingerprint density at radius 3 is 2.94 bits per heavy atom. The molecule has 18 heavy (non-hydrogen) atoms. The van der Waals surface area contributed by atoms with E-state index in [1.54, 1.807) is 6.20 Å². The molecule has 0 atom stereocenters. The van der Waals surface area contributed by atoms with Gasteiger partial charge in [-0.25, -0.2) is 4.39 Å². The van der Waals surface area contributed by atoms with Crippen LogP contribution in [0, 0.1) is 5.82 Å². The molecule has 1 aromatic carbocycles. The van der Waals surface area contributed by atoms with Gasteiger partial charge in [-0.3, -0.25) is 4.68 Å². The third kappa shape index (κ3) is 2.88. The molecule has 4 heteroatoms. The zero-order chi connectivity index (χ0) is 13.0. The van der Waals surface area contributed by atoms with Crippen molar-refractivity contribution in [2.45, 2.75) is 32.7 Å². The molecule has 1 heterocycles. The number of halogens is 1. The van der Waals surface area contributed by atoms with Crippen molar-refractivity contribution in [1.82, 2.24) is 9.78 Å². The lowest BCUT2D eigenvalue weighted by molar-refractivity contribution is 0.475. The van der Waals surface area contributed by atoms with Crippen LogP contribution in [0.3, 0.4) is 0 Å². The summed E-state index contributed by atoms with van der Waals surface area (Å²) in [5.41, 5.74) is 1.22. The van der Waals surface area contributed by atoms with Crippen LogP contribution in [-0.2, 0) is 6.54 Å². The Bertz CT molecular complexity index is 522. The van der Waals surface area contributed by atoms with Crippen molar-refractivity contribution in [2.75, 3.05) is 0 Å². The third-order valence-electron chi connectivity index (χ3n) is 2.89. The zero-order valence-corrected chi connectivity index (χ0v) is 10.4. The first-order valence-corrected chi connectivity index (χ1v) is 6.22. The fourth-order valence-corrected chi connectivity index (χ4v) is 1.89. The number of nitrogens with zero attached hydrogens (tertiary/aromatic N) is 2. The maximum Gasteiger partial charge on any atom is 0.124 e. The lowest BCUT2D eigenvalue weighted by atomic mass is 10.1. The molecule has 0 fully saturated rings. The predicted molar refractivity (Wildman–Crippen MR) is 68.8 cm³/mol. The summed E-state index contributed by atoms with van der Waals surface area (Å²) in [5.74, 6) is -0.286. The largest absolute Gasteiger partial charge is 0.507 e. The van der Waals surface area contributed by atoms with Crippen LogP contribution < -0.4 is 0 Å². The molecule has 0 unspecified atom stereocenters. The van der Waals surface area contributed by atoms with E-state index < -0.39 is 0 Å². The fourth-order valence-electron chi connectivity index (χ4n) is 1.89. The number of phenolic OH excluding ortho intramolecular Hbond substituents is 1. The van der Waals surface area contributed by atoms with Gasteiger partial charge in [0.25, 0.3) is 0 Å². The van der Waals surface area contributed by atoms with Gasteiger partial charge in [-0.15, -0.1) is 0 Å². The first-order valence-electron chi connectivity index (χ1n) is 6.22. The van der Waals surface area contributed by atoms with Crippen molar-refractivity contribution in [3.8, 4) is 16.9 Å². The van der Waals surface area contributed by atoms with E-state index in [1.807, 2.05) is 10.9 Å². The molecule has 96 valence electrons. The van der Waals surface area contributed by atoms with E-state index in [1.165, 1.54) is 31.0 Å². The second-order valence-corrected chi connectivity index (χ2v) is 4.36. The van der Waals surface area contributed by atoms with E-state index in [4.69, 9.17) is 0 Å². The van der Waals surface area contributed by atoms with Crippen LogP contribution in [0.1, 0.15) is 26.2 Å². The highest BCUT2D eigenvalue weighted by Gasteiger charge is 2.08. The summed E-state index contributed by atoms with van der Waals surface area (Å²) in [4.78, 5) is 0. The highest BCUT2D eigenvalue weighted by atomic mass is 19.1. The van der Waals surface area contributed by atoms with Crippen molar-refractivity contribution in [3.05, 3.63) is 36.4 Å². The van der Waals surface area contributed by atoms with Crippen molar-refractivity contribution >= 4 is 0 Å². The minimum Gasteiger partial charge on any atom is -0.507 e. The van der Waals surface area contributed by atoms with Crippen LogP contribution >= 0.6 is 0 Å². The number of hydrogen-bond acceptors (Lipinski definition) is 2. The summed E-state index contributed by atoms with van der Waals surface area (Å²) in [6.07, 6.45) is 6.90.